The van der Waals surface area contributed by atoms with Crippen molar-refractivity contribution in [1.29, 1.82) is 0 Å². The summed E-state index contributed by atoms with van der Waals surface area (Å²) in [6.45, 7) is 4.64. The van der Waals surface area contributed by atoms with E-state index < -0.39 is 0 Å². The van der Waals surface area contributed by atoms with Crippen molar-refractivity contribution in [3.8, 4) is 5.75 Å². The van der Waals surface area contributed by atoms with Gasteiger partial charge in [-0.15, -0.1) is 0 Å². The number of benzene rings is 1. The minimum Gasteiger partial charge on any atom is -0.487 e. The van der Waals surface area contributed by atoms with Crippen molar-refractivity contribution in [2.75, 3.05) is 0 Å². The Morgan fingerprint density at radius 1 is 1.38 bits per heavy atom. The number of hydrogen-bond acceptors (Lipinski definition) is 2. The van der Waals surface area contributed by atoms with Crippen LogP contribution in [0.1, 0.15) is 64.0 Å². The summed E-state index contributed by atoms with van der Waals surface area (Å²) in [4.78, 5) is 0. The third-order valence-corrected chi connectivity index (χ3v) is 5.49. The molecular weight excluding hydrogens is 326 g/mol. The third-order valence-electron chi connectivity index (χ3n) is 5.00. The van der Waals surface area contributed by atoms with Crippen LogP contribution in [-0.4, -0.2) is 5.60 Å². The first-order chi connectivity index (χ1) is 9.97. The first-order valence-electron chi connectivity index (χ1n) is 8.21. The van der Waals surface area contributed by atoms with Gasteiger partial charge in [0, 0.05) is 22.5 Å². The van der Waals surface area contributed by atoms with Crippen LogP contribution in [-0.2, 0) is 0 Å². The SMILES string of the molecule is CC(C)CC1CCCC2(C1)CC(N)c1cc(Br)ccc1O2. The smallest absolute Gasteiger partial charge is 0.124 e. The number of nitrogens with two attached hydrogens (primary N) is 1. The predicted molar refractivity (Wildman–Crippen MR) is 90.5 cm³/mol. The Bertz CT molecular complexity index is 516. The maximum atomic E-state index is 6.50. The van der Waals surface area contributed by atoms with Crippen LogP contribution < -0.4 is 10.5 Å². The Labute approximate surface area is 136 Å². The Kier molecular flexibility index (Phi) is 4.33. The molecule has 116 valence electrons. The van der Waals surface area contributed by atoms with Gasteiger partial charge in [0.05, 0.1) is 0 Å². The van der Waals surface area contributed by atoms with Gasteiger partial charge in [-0.2, -0.15) is 0 Å². The van der Waals surface area contributed by atoms with Crippen LogP contribution in [0.25, 0.3) is 0 Å². The Hall–Kier alpha value is -0.540. The summed E-state index contributed by atoms with van der Waals surface area (Å²) in [5.74, 6) is 2.57. The quantitative estimate of drug-likeness (QED) is 0.793. The lowest BCUT2D eigenvalue weighted by molar-refractivity contribution is -0.0201. The van der Waals surface area contributed by atoms with E-state index in [0.29, 0.717) is 0 Å². The molecule has 1 aromatic rings. The monoisotopic (exact) mass is 351 g/mol. The zero-order valence-electron chi connectivity index (χ0n) is 13.1. The fourth-order valence-corrected chi connectivity index (χ4v) is 4.66. The molecule has 1 fully saturated rings. The highest BCUT2D eigenvalue weighted by atomic mass is 79.9. The topological polar surface area (TPSA) is 35.2 Å². The van der Waals surface area contributed by atoms with Crippen molar-refractivity contribution in [2.45, 2.75) is 64.0 Å². The second kappa shape index (κ2) is 5.92. The summed E-state index contributed by atoms with van der Waals surface area (Å²) in [5.41, 5.74) is 7.60. The van der Waals surface area contributed by atoms with E-state index in [1.807, 2.05) is 0 Å². The summed E-state index contributed by atoms with van der Waals surface area (Å²) in [7, 11) is 0. The molecule has 3 heteroatoms. The van der Waals surface area contributed by atoms with E-state index in [-0.39, 0.29) is 11.6 Å². The van der Waals surface area contributed by atoms with Gasteiger partial charge in [0.15, 0.2) is 0 Å². The van der Waals surface area contributed by atoms with Gasteiger partial charge in [0.2, 0.25) is 0 Å². The van der Waals surface area contributed by atoms with Crippen LogP contribution in [0, 0.1) is 11.8 Å². The summed E-state index contributed by atoms with van der Waals surface area (Å²) in [6, 6.07) is 6.34. The Balaban J connectivity index is 1.82. The van der Waals surface area contributed by atoms with Gasteiger partial charge in [-0.05, 0) is 55.7 Å². The molecule has 21 heavy (non-hydrogen) atoms. The van der Waals surface area contributed by atoms with Gasteiger partial charge in [0.25, 0.3) is 0 Å². The molecule has 0 saturated heterocycles. The standard InChI is InChI=1S/C18H26BrNO/c1-12(2)8-13-4-3-7-18(10-13)11-16(20)15-9-14(19)5-6-17(15)21-18/h5-6,9,12-13,16H,3-4,7-8,10-11,20H2,1-2H3. The molecule has 2 aliphatic rings. The molecule has 2 nitrogen and oxygen atoms in total. The lowest BCUT2D eigenvalue weighted by atomic mass is 9.71. The average Bonchev–Trinajstić information content (AvgIpc) is 2.39. The highest BCUT2D eigenvalue weighted by Gasteiger charge is 2.43. The lowest BCUT2D eigenvalue weighted by Crippen LogP contribution is -2.46. The van der Waals surface area contributed by atoms with E-state index in [1.165, 1.54) is 25.7 Å². The van der Waals surface area contributed by atoms with Gasteiger partial charge in [0.1, 0.15) is 11.4 Å². The summed E-state index contributed by atoms with van der Waals surface area (Å²) in [6.07, 6.45) is 7.24. The second-order valence-corrected chi connectivity index (χ2v) is 8.29. The first kappa shape index (κ1) is 15.4. The zero-order chi connectivity index (χ0) is 15.0. The van der Waals surface area contributed by atoms with Crippen molar-refractivity contribution in [3.63, 3.8) is 0 Å². The fourth-order valence-electron chi connectivity index (χ4n) is 4.28. The van der Waals surface area contributed by atoms with E-state index in [2.05, 4.69) is 48.0 Å². The number of rotatable bonds is 2. The highest BCUT2D eigenvalue weighted by molar-refractivity contribution is 9.10. The molecule has 1 aromatic carbocycles. The molecule has 1 aliphatic carbocycles. The minimum atomic E-state index is -0.0158. The second-order valence-electron chi connectivity index (χ2n) is 7.37. The van der Waals surface area contributed by atoms with Crippen molar-refractivity contribution < 1.29 is 4.74 Å². The number of ether oxygens (including phenoxy) is 1. The third kappa shape index (κ3) is 3.29. The van der Waals surface area contributed by atoms with E-state index in [0.717, 1.165) is 40.5 Å². The normalized spacial score (nSPS) is 32.0. The predicted octanol–water partition coefficient (Wildman–Crippen LogP) is 5.21. The molecule has 0 aromatic heterocycles. The molecule has 0 amide bonds. The minimum absolute atomic E-state index is 0.0158. The molecule has 3 rings (SSSR count). The maximum absolute atomic E-state index is 6.50. The van der Waals surface area contributed by atoms with E-state index in [4.69, 9.17) is 10.5 Å². The van der Waals surface area contributed by atoms with Gasteiger partial charge < -0.3 is 10.5 Å². The van der Waals surface area contributed by atoms with Crippen LogP contribution in [0.4, 0.5) is 0 Å². The van der Waals surface area contributed by atoms with Gasteiger partial charge >= 0.3 is 0 Å². The largest absolute Gasteiger partial charge is 0.487 e. The van der Waals surface area contributed by atoms with Crippen molar-refractivity contribution in [3.05, 3.63) is 28.2 Å². The van der Waals surface area contributed by atoms with E-state index in [9.17, 15) is 0 Å². The Morgan fingerprint density at radius 2 is 2.19 bits per heavy atom. The van der Waals surface area contributed by atoms with Crippen LogP contribution in [0.2, 0.25) is 0 Å². The van der Waals surface area contributed by atoms with Crippen molar-refractivity contribution >= 4 is 15.9 Å². The fraction of sp³-hybridized carbons (Fsp3) is 0.667. The first-order valence-corrected chi connectivity index (χ1v) is 9.01. The van der Waals surface area contributed by atoms with Gasteiger partial charge in [-0.1, -0.05) is 36.2 Å². The van der Waals surface area contributed by atoms with Gasteiger partial charge in [-0.25, -0.2) is 0 Å². The molecule has 3 unspecified atom stereocenters. The van der Waals surface area contributed by atoms with E-state index in [1.54, 1.807) is 0 Å². The van der Waals surface area contributed by atoms with E-state index >= 15 is 0 Å². The molecule has 0 radical (unpaired) electrons. The molecular formula is C18H26BrNO. The summed E-state index contributed by atoms with van der Waals surface area (Å²) < 4.78 is 7.58. The van der Waals surface area contributed by atoms with Crippen LogP contribution in [0.5, 0.6) is 5.75 Å². The average molecular weight is 352 g/mol. The molecule has 1 saturated carbocycles. The maximum Gasteiger partial charge on any atom is 0.124 e. The number of halogens is 1. The summed E-state index contributed by atoms with van der Waals surface area (Å²) >= 11 is 3.53. The van der Waals surface area contributed by atoms with Gasteiger partial charge in [-0.3, -0.25) is 0 Å². The number of hydrogen-bond donors (Lipinski definition) is 1. The number of fused-ring (bicyclic) bond motifs is 1. The van der Waals surface area contributed by atoms with Crippen LogP contribution >= 0.6 is 15.9 Å². The molecule has 1 aliphatic heterocycles. The molecule has 0 bridgehead atoms. The highest BCUT2D eigenvalue weighted by Crippen LogP contribution is 2.48. The lowest BCUT2D eigenvalue weighted by Gasteiger charge is -2.46. The Morgan fingerprint density at radius 3 is 2.95 bits per heavy atom. The van der Waals surface area contributed by atoms with Crippen LogP contribution in [0.3, 0.4) is 0 Å². The molecule has 1 heterocycles. The summed E-state index contributed by atoms with van der Waals surface area (Å²) in [5, 5.41) is 0. The van der Waals surface area contributed by atoms with Crippen LogP contribution in [0.15, 0.2) is 22.7 Å². The zero-order valence-corrected chi connectivity index (χ0v) is 14.7. The van der Waals surface area contributed by atoms with Crippen molar-refractivity contribution in [1.82, 2.24) is 0 Å². The van der Waals surface area contributed by atoms with Crippen molar-refractivity contribution in [2.24, 2.45) is 17.6 Å². The molecule has 2 N–H and O–H groups in total. The molecule has 1 spiro atoms. The molecule has 3 atom stereocenters.